The SMILES string of the molecule is Cc1cc(C)c2c3c([nH]c2c1)CCNC3. The third-order valence-corrected chi connectivity index (χ3v) is 3.29. The molecule has 0 saturated carbocycles. The zero-order chi connectivity index (χ0) is 10.4. The summed E-state index contributed by atoms with van der Waals surface area (Å²) in [6.07, 6.45) is 1.13. The molecule has 0 spiro atoms. The van der Waals surface area contributed by atoms with Crippen LogP contribution in [0.2, 0.25) is 0 Å². The number of aryl methyl sites for hydroxylation is 2. The third-order valence-electron chi connectivity index (χ3n) is 3.29. The summed E-state index contributed by atoms with van der Waals surface area (Å²) in [5.41, 5.74) is 6.95. The minimum absolute atomic E-state index is 1.01. The number of nitrogens with one attached hydrogen (secondary N) is 2. The van der Waals surface area contributed by atoms with Crippen molar-refractivity contribution < 1.29 is 0 Å². The topological polar surface area (TPSA) is 27.8 Å². The molecule has 0 radical (unpaired) electrons. The molecule has 2 nitrogen and oxygen atoms in total. The first-order valence-electron chi connectivity index (χ1n) is 5.57. The molecule has 0 amide bonds. The second-order valence-electron chi connectivity index (χ2n) is 4.51. The number of fused-ring (bicyclic) bond motifs is 3. The second-order valence-corrected chi connectivity index (χ2v) is 4.51. The van der Waals surface area contributed by atoms with Crippen LogP contribution in [0, 0.1) is 13.8 Å². The zero-order valence-corrected chi connectivity index (χ0v) is 9.28. The van der Waals surface area contributed by atoms with Crippen LogP contribution in [-0.4, -0.2) is 11.5 Å². The van der Waals surface area contributed by atoms with Crippen LogP contribution in [0.1, 0.15) is 22.4 Å². The van der Waals surface area contributed by atoms with Crippen molar-refractivity contribution in [2.75, 3.05) is 6.54 Å². The molecule has 1 aromatic carbocycles. The molecule has 1 aromatic heterocycles. The van der Waals surface area contributed by atoms with E-state index in [1.54, 1.807) is 0 Å². The third kappa shape index (κ3) is 1.29. The molecular weight excluding hydrogens is 184 g/mol. The minimum Gasteiger partial charge on any atom is -0.358 e. The van der Waals surface area contributed by atoms with E-state index in [-0.39, 0.29) is 0 Å². The van der Waals surface area contributed by atoms with E-state index in [9.17, 15) is 0 Å². The van der Waals surface area contributed by atoms with Gasteiger partial charge >= 0.3 is 0 Å². The first-order chi connectivity index (χ1) is 7.25. The number of aromatic nitrogens is 1. The standard InChI is InChI=1S/C13H16N2/c1-8-5-9(2)13-10-7-14-4-3-11(10)15-12(13)6-8/h5-6,14-15H,3-4,7H2,1-2H3. The van der Waals surface area contributed by atoms with E-state index >= 15 is 0 Å². The number of aromatic amines is 1. The highest BCUT2D eigenvalue weighted by Gasteiger charge is 2.16. The van der Waals surface area contributed by atoms with E-state index < -0.39 is 0 Å². The van der Waals surface area contributed by atoms with Gasteiger partial charge in [0.25, 0.3) is 0 Å². The number of hydrogen-bond donors (Lipinski definition) is 2. The van der Waals surface area contributed by atoms with Crippen molar-refractivity contribution in [2.24, 2.45) is 0 Å². The van der Waals surface area contributed by atoms with Crippen LogP contribution in [0.25, 0.3) is 10.9 Å². The lowest BCUT2D eigenvalue weighted by Crippen LogP contribution is -2.23. The Labute approximate surface area is 89.7 Å². The van der Waals surface area contributed by atoms with E-state index in [2.05, 4.69) is 36.3 Å². The zero-order valence-electron chi connectivity index (χ0n) is 9.28. The first kappa shape index (κ1) is 8.98. The van der Waals surface area contributed by atoms with Crippen molar-refractivity contribution in [2.45, 2.75) is 26.8 Å². The van der Waals surface area contributed by atoms with Crippen LogP contribution in [0.15, 0.2) is 12.1 Å². The van der Waals surface area contributed by atoms with Gasteiger partial charge in [0, 0.05) is 36.1 Å². The molecule has 2 aromatic rings. The van der Waals surface area contributed by atoms with E-state index in [0.717, 1.165) is 19.5 Å². The average molecular weight is 200 g/mol. The minimum atomic E-state index is 1.01. The Hall–Kier alpha value is -1.28. The summed E-state index contributed by atoms with van der Waals surface area (Å²) >= 11 is 0. The molecule has 78 valence electrons. The van der Waals surface area contributed by atoms with Gasteiger partial charge in [-0.15, -0.1) is 0 Å². The van der Waals surface area contributed by atoms with Crippen LogP contribution >= 0.6 is 0 Å². The van der Waals surface area contributed by atoms with Crippen molar-refractivity contribution in [3.8, 4) is 0 Å². The molecule has 1 aliphatic rings. The normalized spacial score (nSPS) is 15.6. The number of hydrogen-bond acceptors (Lipinski definition) is 1. The molecule has 0 bridgehead atoms. The van der Waals surface area contributed by atoms with Gasteiger partial charge in [-0.05, 0) is 36.6 Å². The van der Waals surface area contributed by atoms with Gasteiger partial charge in [0.05, 0.1) is 0 Å². The molecule has 0 unspecified atom stereocenters. The Bertz CT molecular complexity index is 523. The van der Waals surface area contributed by atoms with E-state index in [4.69, 9.17) is 0 Å². The molecule has 0 saturated heterocycles. The molecule has 15 heavy (non-hydrogen) atoms. The summed E-state index contributed by atoms with van der Waals surface area (Å²) in [5.74, 6) is 0. The monoisotopic (exact) mass is 200 g/mol. The lowest BCUT2D eigenvalue weighted by atomic mass is 10.0. The molecule has 0 aliphatic carbocycles. The average Bonchev–Trinajstić information content (AvgIpc) is 2.54. The van der Waals surface area contributed by atoms with Gasteiger partial charge in [-0.25, -0.2) is 0 Å². The van der Waals surface area contributed by atoms with E-state index in [1.165, 1.54) is 33.3 Å². The van der Waals surface area contributed by atoms with Gasteiger partial charge in [0.1, 0.15) is 0 Å². The summed E-state index contributed by atoms with van der Waals surface area (Å²) in [6.45, 7) is 6.47. The summed E-state index contributed by atoms with van der Waals surface area (Å²) in [6, 6.07) is 4.52. The summed E-state index contributed by atoms with van der Waals surface area (Å²) in [7, 11) is 0. The number of benzene rings is 1. The smallest absolute Gasteiger partial charge is 0.0464 e. The molecule has 2 heteroatoms. The predicted octanol–water partition coefficient (Wildman–Crippen LogP) is 2.43. The molecule has 2 N–H and O–H groups in total. The van der Waals surface area contributed by atoms with Crippen molar-refractivity contribution in [1.29, 1.82) is 0 Å². The lowest BCUT2D eigenvalue weighted by Gasteiger charge is -2.13. The molecule has 1 aliphatic heterocycles. The van der Waals surface area contributed by atoms with Gasteiger partial charge in [0.2, 0.25) is 0 Å². The molecule has 0 fully saturated rings. The lowest BCUT2D eigenvalue weighted by molar-refractivity contribution is 0.640. The summed E-state index contributed by atoms with van der Waals surface area (Å²) in [5, 5.41) is 4.87. The van der Waals surface area contributed by atoms with Crippen LogP contribution in [0.4, 0.5) is 0 Å². The number of H-pyrrole nitrogens is 1. The van der Waals surface area contributed by atoms with Crippen molar-refractivity contribution in [1.82, 2.24) is 10.3 Å². The van der Waals surface area contributed by atoms with E-state index in [1.807, 2.05) is 0 Å². The highest BCUT2D eigenvalue weighted by molar-refractivity contribution is 5.88. The van der Waals surface area contributed by atoms with Crippen molar-refractivity contribution in [3.63, 3.8) is 0 Å². The molecule has 3 rings (SSSR count). The van der Waals surface area contributed by atoms with Crippen LogP contribution in [0.5, 0.6) is 0 Å². The maximum atomic E-state index is 3.56. The molecular formula is C13H16N2. The Morgan fingerprint density at radius 1 is 1.20 bits per heavy atom. The Morgan fingerprint density at radius 2 is 2.07 bits per heavy atom. The molecule has 0 atom stereocenters. The number of rotatable bonds is 0. The highest BCUT2D eigenvalue weighted by Crippen LogP contribution is 2.28. The van der Waals surface area contributed by atoms with Crippen LogP contribution < -0.4 is 5.32 Å². The van der Waals surface area contributed by atoms with Crippen LogP contribution in [-0.2, 0) is 13.0 Å². The van der Waals surface area contributed by atoms with Gasteiger partial charge in [-0.2, -0.15) is 0 Å². The van der Waals surface area contributed by atoms with Crippen molar-refractivity contribution >= 4 is 10.9 Å². The molecule has 2 heterocycles. The van der Waals surface area contributed by atoms with Gasteiger partial charge in [-0.3, -0.25) is 0 Å². The predicted molar refractivity (Wildman–Crippen MR) is 63.2 cm³/mol. The highest BCUT2D eigenvalue weighted by atomic mass is 14.9. The maximum Gasteiger partial charge on any atom is 0.0464 e. The Balaban J connectivity index is 2.37. The Morgan fingerprint density at radius 3 is 2.93 bits per heavy atom. The van der Waals surface area contributed by atoms with Gasteiger partial charge in [-0.1, -0.05) is 6.07 Å². The van der Waals surface area contributed by atoms with Crippen molar-refractivity contribution in [3.05, 3.63) is 34.5 Å². The fourth-order valence-electron chi connectivity index (χ4n) is 2.69. The summed E-state index contributed by atoms with van der Waals surface area (Å²) < 4.78 is 0. The fraction of sp³-hybridized carbons (Fsp3) is 0.385. The largest absolute Gasteiger partial charge is 0.358 e. The van der Waals surface area contributed by atoms with Gasteiger partial charge < -0.3 is 10.3 Å². The fourth-order valence-corrected chi connectivity index (χ4v) is 2.69. The first-order valence-corrected chi connectivity index (χ1v) is 5.57. The van der Waals surface area contributed by atoms with Gasteiger partial charge in [0.15, 0.2) is 0 Å². The second kappa shape index (κ2) is 3.11. The summed E-state index contributed by atoms with van der Waals surface area (Å²) in [4.78, 5) is 3.56. The quantitative estimate of drug-likeness (QED) is 0.671. The maximum absolute atomic E-state index is 3.56. The Kier molecular flexibility index (Phi) is 1.86. The van der Waals surface area contributed by atoms with E-state index in [0.29, 0.717) is 0 Å². The van der Waals surface area contributed by atoms with Crippen LogP contribution in [0.3, 0.4) is 0 Å².